The Labute approximate surface area is 80.3 Å². The number of hydrogen-bond acceptors (Lipinski definition) is 3. The molecule has 0 bridgehead atoms. The van der Waals surface area contributed by atoms with Crippen LogP contribution in [0.25, 0.3) is 0 Å². The molecule has 0 aliphatic carbocycles. The van der Waals surface area contributed by atoms with E-state index < -0.39 is 0 Å². The van der Waals surface area contributed by atoms with Gasteiger partial charge >= 0.3 is 0 Å². The van der Waals surface area contributed by atoms with Crippen LogP contribution in [0.5, 0.6) is 0 Å². The minimum Gasteiger partial charge on any atom is -0.398 e. The van der Waals surface area contributed by atoms with Gasteiger partial charge in [0.1, 0.15) is 0 Å². The largest absolute Gasteiger partial charge is 0.398 e. The molecule has 1 aromatic carbocycles. The first kappa shape index (κ1) is 9.24. The van der Waals surface area contributed by atoms with Gasteiger partial charge in [-0.25, -0.2) is 0 Å². The third-order valence-electron chi connectivity index (χ3n) is 1.28. The summed E-state index contributed by atoms with van der Waals surface area (Å²) in [4.78, 5) is 0.968. The summed E-state index contributed by atoms with van der Waals surface area (Å²) in [7, 11) is 0. The van der Waals surface area contributed by atoms with Crippen molar-refractivity contribution in [2.24, 2.45) is 0 Å². The quantitative estimate of drug-likeness (QED) is 0.587. The van der Waals surface area contributed by atoms with Gasteiger partial charge in [-0.15, -0.1) is 11.8 Å². The van der Waals surface area contributed by atoms with Gasteiger partial charge in [-0.3, -0.25) is 0 Å². The highest BCUT2D eigenvalue weighted by atomic mass is 35.5. The predicted octanol–water partition coefficient (Wildman–Crippen LogP) is 2.54. The van der Waals surface area contributed by atoms with Crippen LogP contribution >= 0.6 is 23.4 Å². The lowest BCUT2D eigenvalue weighted by atomic mass is 10.3. The molecule has 0 unspecified atom stereocenters. The number of anilines is 1. The molecule has 12 heavy (non-hydrogen) atoms. The molecule has 0 saturated carbocycles. The Bertz CT molecular complexity index is 319. The molecule has 0 amide bonds. The number of rotatable bonds is 2. The van der Waals surface area contributed by atoms with E-state index >= 15 is 0 Å². The number of hydrogen-bond donors (Lipinski definition) is 1. The van der Waals surface area contributed by atoms with E-state index in [0.717, 1.165) is 4.90 Å². The minimum absolute atomic E-state index is 0.431. The first-order valence-electron chi connectivity index (χ1n) is 3.29. The summed E-state index contributed by atoms with van der Waals surface area (Å²) < 4.78 is 0. The molecule has 0 saturated heterocycles. The van der Waals surface area contributed by atoms with E-state index in [0.29, 0.717) is 16.5 Å². The van der Waals surface area contributed by atoms with Gasteiger partial charge in [0.05, 0.1) is 22.5 Å². The predicted molar refractivity (Wildman–Crippen MR) is 52.2 cm³/mol. The Morgan fingerprint density at radius 3 is 2.92 bits per heavy atom. The number of nitrogen functional groups attached to an aromatic ring is 1. The van der Waals surface area contributed by atoms with Gasteiger partial charge in [-0.2, -0.15) is 5.26 Å². The Morgan fingerprint density at radius 2 is 2.33 bits per heavy atom. The van der Waals surface area contributed by atoms with Crippen LogP contribution in [0.3, 0.4) is 0 Å². The highest BCUT2D eigenvalue weighted by Crippen LogP contribution is 2.25. The second-order valence-electron chi connectivity index (χ2n) is 2.13. The van der Waals surface area contributed by atoms with Crippen molar-refractivity contribution in [1.29, 1.82) is 5.26 Å². The SMILES string of the molecule is N#CCSc1ccc(N)c(Cl)c1. The summed E-state index contributed by atoms with van der Waals surface area (Å²) in [6.45, 7) is 0. The first-order valence-corrected chi connectivity index (χ1v) is 4.65. The average molecular weight is 199 g/mol. The number of nitriles is 1. The van der Waals surface area contributed by atoms with Crippen molar-refractivity contribution >= 4 is 29.1 Å². The normalized spacial score (nSPS) is 9.33. The summed E-state index contributed by atoms with van der Waals surface area (Å²) in [6, 6.07) is 7.39. The minimum atomic E-state index is 0.431. The van der Waals surface area contributed by atoms with E-state index in [9.17, 15) is 0 Å². The number of halogens is 1. The van der Waals surface area contributed by atoms with Gasteiger partial charge in [0.15, 0.2) is 0 Å². The van der Waals surface area contributed by atoms with Crippen molar-refractivity contribution in [3.63, 3.8) is 0 Å². The van der Waals surface area contributed by atoms with Crippen LogP contribution in [0.1, 0.15) is 0 Å². The molecule has 62 valence electrons. The summed E-state index contributed by atoms with van der Waals surface area (Å²) >= 11 is 7.21. The van der Waals surface area contributed by atoms with E-state index in [1.54, 1.807) is 12.1 Å². The Kier molecular flexibility index (Phi) is 3.27. The fourth-order valence-corrected chi connectivity index (χ4v) is 1.56. The fourth-order valence-electron chi connectivity index (χ4n) is 0.713. The van der Waals surface area contributed by atoms with Crippen molar-refractivity contribution in [1.82, 2.24) is 0 Å². The average Bonchev–Trinajstić information content (AvgIpc) is 2.07. The van der Waals surface area contributed by atoms with Crippen LogP contribution in [0.2, 0.25) is 5.02 Å². The lowest BCUT2D eigenvalue weighted by Gasteiger charge is -2.00. The second kappa shape index (κ2) is 4.24. The van der Waals surface area contributed by atoms with E-state index in [1.165, 1.54) is 11.8 Å². The van der Waals surface area contributed by atoms with Crippen LogP contribution < -0.4 is 5.73 Å². The molecule has 0 aromatic heterocycles. The molecule has 2 nitrogen and oxygen atoms in total. The topological polar surface area (TPSA) is 49.8 Å². The summed E-state index contributed by atoms with van der Waals surface area (Å²) in [5, 5.41) is 8.86. The van der Waals surface area contributed by atoms with E-state index in [-0.39, 0.29) is 0 Å². The third-order valence-corrected chi connectivity index (χ3v) is 2.46. The molecule has 1 aromatic rings. The molecular formula is C8H7ClN2S. The van der Waals surface area contributed by atoms with Gasteiger partial charge < -0.3 is 5.73 Å². The van der Waals surface area contributed by atoms with Crippen LogP contribution in [-0.2, 0) is 0 Å². The Morgan fingerprint density at radius 1 is 1.58 bits per heavy atom. The molecule has 0 heterocycles. The van der Waals surface area contributed by atoms with Crippen molar-refractivity contribution in [3.8, 4) is 6.07 Å². The molecule has 0 aliphatic heterocycles. The van der Waals surface area contributed by atoms with E-state index in [1.807, 2.05) is 12.1 Å². The van der Waals surface area contributed by atoms with Crippen molar-refractivity contribution in [3.05, 3.63) is 23.2 Å². The standard InChI is InChI=1S/C8H7ClN2S/c9-7-5-6(12-4-3-10)1-2-8(7)11/h1-2,5H,4,11H2. The molecular weight excluding hydrogens is 192 g/mol. The van der Waals surface area contributed by atoms with Gasteiger partial charge in [0.25, 0.3) is 0 Å². The summed E-state index contributed by atoms with van der Waals surface area (Å²) in [5.41, 5.74) is 6.08. The molecule has 2 N–H and O–H groups in total. The third kappa shape index (κ3) is 2.33. The maximum atomic E-state index is 8.32. The maximum Gasteiger partial charge on any atom is 0.0855 e. The number of nitrogens with two attached hydrogens (primary N) is 1. The van der Waals surface area contributed by atoms with Gasteiger partial charge in [-0.05, 0) is 18.2 Å². The van der Waals surface area contributed by atoms with Crippen LogP contribution in [0.4, 0.5) is 5.69 Å². The van der Waals surface area contributed by atoms with Gasteiger partial charge in [-0.1, -0.05) is 11.6 Å². The molecule has 0 aliphatic rings. The molecule has 0 spiro atoms. The highest BCUT2D eigenvalue weighted by molar-refractivity contribution is 7.99. The molecule has 0 fully saturated rings. The summed E-state index contributed by atoms with van der Waals surface area (Å²) in [6.07, 6.45) is 0. The smallest absolute Gasteiger partial charge is 0.0855 e. The lowest BCUT2D eigenvalue weighted by Crippen LogP contribution is -1.85. The Balaban J connectivity index is 2.77. The molecule has 0 atom stereocenters. The summed E-state index contributed by atoms with van der Waals surface area (Å²) in [5.74, 6) is 0.431. The zero-order valence-electron chi connectivity index (χ0n) is 6.25. The number of thioether (sulfide) groups is 1. The van der Waals surface area contributed by atoms with Gasteiger partial charge in [0, 0.05) is 4.90 Å². The monoisotopic (exact) mass is 198 g/mol. The first-order chi connectivity index (χ1) is 5.74. The van der Waals surface area contributed by atoms with E-state index in [2.05, 4.69) is 0 Å². The zero-order valence-corrected chi connectivity index (χ0v) is 7.82. The molecule has 4 heteroatoms. The van der Waals surface area contributed by atoms with Crippen LogP contribution in [-0.4, -0.2) is 5.75 Å². The molecule has 1 rings (SSSR count). The fraction of sp³-hybridized carbons (Fsp3) is 0.125. The van der Waals surface area contributed by atoms with E-state index in [4.69, 9.17) is 22.6 Å². The Hall–Kier alpha value is -0.850. The van der Waals surface area contributed by atoms with Crippen molar-refractivity contribution < 1.29 is 0 Å². The van der Waals surface area contributed by atoms with Crippen molar-refractivity contribution in [2.45, 2.75) is 4.90 Å². The number of benzene rings is 1. The number of nitrogens with zero attached hydrogens (tertiary/aromatic N) is 1. The molecule has 0 radical (unpaired) electrons. The highest BCUT2D eigenvalue weighted by Gasteiger charge is 1.97. The van der Waals surface area contributed by atoms with Gasteiger partial charge in [0.2, 0.25) is 0 Å². The second-order valence-corrected chi connectivity index (χ2v) is 3.59. The van der Waals surface area contributed by atoms with Crippen LogP contribution in [0, 0.1) is 11.3 Å². The zero-order chi connectivity index (χ0) is 8.97. The lowest BCUT2D eigenvalue weighted by molar-refractivity contribution is 1.45. The maximum absolute atomic E-state index is 8.32. The van der Waals surface area contributed by atoms with Crippen LogP contribution in [0.15, 0.2) is 23.1 Å². The van der Waals surface area contributed by atoms with Crippen molar-refractivity contribution in [2.75, 3.05) is 11.5 Å².